The molecule has 2 aliphatic heterocycles. The average molecular weight is 367 g/mol. The Morgan fingerprint density at radius 3 is 2.20 bits per heavy atom. The molecule has 1 amide bonds. The van der Waals surface area contributed by atoms with Gasteiger partial charge in [-0.3, -0.25) is 9.52 Å². The fraction of sp³-hybridized carbons (Fsp3) is 0.611. The summed E-state index contributed by atoms with van der Waals surface area (Å²) in [5.74, 6) is 1.22. The van der Waals surface area contributed by atoms with Crippen molar-refractivity contribution in [2.24, 2.45) is 11.8 Å². The highest BCUT2D eigenvalue weighted by Crippen LogP contribution is 2.25. The smallest absolute Gasteiger partial charge is 0.253 e. The number of hydrogen-bond donors (Lipinski definition) is 2. The molecule has 0 aliphatic carbocycles. The van der Waals surface area contributed by atoms with Crippen LogP contribution in [0.2, 0.25) is 0 Å². The fourth-order valence-electron chi connectivity index (χ4n) is 4.15. The molecular formula is C18H28N3O3S+. The Labute approximate surface area is 150 Å². The summed E-state index contributed by atoms with van der Waals surface area (Å²) < 4.78 is 24.9. The van der Waals surface area contributed by atoms with Crippen LogP contribution >= 0.6 is 0 Å². The Hall–Kier alpha value is -1.60. The summed E-state index contributed by atoms with van der Waals surface area (Å²) in [6, 6.07) is 7.33. The van der Waals surface area contributed by atoms with Crippen LogP contribution in [0.3, 0.4) is 0 Å². The lowest BCUT2D eigenvalue weighted by Crippen LogP contribution is -3.17. The summed E-state index contributed by atoms with van der Waals surface area (Å²) in [7, 11) is -3.30. The van der Waals surface area contributed by atoms with Crippen LogP contribution in [0.25, 0.3) is 0 Å². The molecule has 0 radical (unpaired) electrons. The molecule has 2 unspecified atom stereocenters. The third-order valence-electron chi connectivity index (χ3n) is 5.26. The molecule has 0 aromatic heterocycles. The minimum absolute atomic E-state index is 0.0496. The molecule has 3 rings (SSSR count). The van der Waals surface area contributed by atoms with E-state index in [1.165, 1.54) is 6.42 Å². The van der Waals surface area contributed by atoms with E-state index in [2.05, 4.69) is 18.6 Å². The molecular weight excluding hydrogens is 338 g/mol. The van der Waals surface area contributed by atoms with Crippen molar-refractivity contribution < 1.29 is 18.1 Å². The Kier molecular flexibility index (Phi) is 5.06. The molecule has 2 fully saturated rings. The van der Waals surface area contributed by atoms with E-state index < -0.39 is 10.0 Å². The number of piperidine rings is 2. The van der Waals surface area contributed by atoms with Crippen molar-refractivity contribution in [1.29, 1.82) is 0 Å². The summed E-state index contributed by atoms with van der Waals surface area (Å²) in [6.07, 6.45) is 2.35. The molecule has 2 atom stereocenters. The van der Waals surface area contributed by atoms with Crippen LogP contribution in [0.1, 0.15) is 30.6 Å². The summed E-state index contributed by atoms with van der Waals surface area (Å²) in [4.78, 5) is 16.5. The first-order valence-corrected chi connectivity index (χ1v) is 10.8. The first-order chi connectivity index (χ1) is 11.7. The topological polar surface area (TPSA) is 70.9 Å². The van der Waals surface area contributed by atoms with Gasteiger partial charge < -0.3 is 9.80 Å². The zero-order valence-electron chi connectivity index (χ0n) is 15.2. The molecule has 6 nitrogen and oxygen atoms in total. The average Bonchev–Trinajstić information content (AvgIpc) is 2.52. The van der Waals surface area contributed by atoms with Gasteiger partial charge in [0, 0.05) is 36.2 Å². The Morgan fingerprint density at radius 1 is 1.16 bits per heavy atom. The molecule has 1 aromatic rings. The molecule has 7 heteroatoms. The van der Waals surface area contributed by atoms with Gasteiger partial charge in [0.05, 0.1) is 25.4 Å². The van der Waals surface area contributed by atoms with Crippen molar-refractivity contribution in [2.75, 3.05) is 37.2 Å². The van der Waals surface area contributed by atoms with E-state index in [0.29, 0.717) is 29.1 Å². The maximum atomic E-state index is 12.8. The number of fused-ring (bicyclic) bond motifs is 2. The minimum atomic E-state index is -3.30. The summed E-state index contributed by atoms with van der Waals surface area (Å²) in [5, 5.41) is 0. The van der Waals surface area contributed by atoms with Crippen molar-refractivity contribution in [3.8, 4) is 0 Å². The number of anilines is 1. The third kappa shape index (κ3) is 4.52. The minimum Gasteiger partial charge on any atom is -0.338 e. The van der Waals surface area contributed by atoms with Gasteiger partial charge in [-0.15, -0.1) is 0 Å². The first-order valence-electron chi connectivity index (χ1n) is 8.93. The molecule has 2 N–H and O–H groups in total. The van der Waals surface area contributed by atoms with Crippen molar-refractivity contribution in [1.82, 2.24) is 4.90 Å². The number of hydrogen-bond acceptors (Lipinski definition) is 3. The van der Waals surface area contributed by atoms with Gasteiger partial charge >= 0.3 is 0 Å². The maximum absolute atomic E-state index is 12.8. The van der Waals surface area contributed by atoms with Crippen LogP contribution in [0.15, 0.2) is 24.3 Å². The lowest BCUT2D eigenvalue weighted by molar-refractivity contribution is -0.934. The number of carbonyl (C=O) groups is 1. The number of nitrogens with zero attached hydrogens (tertiary/aromatic N) is 1. The number of nitrogens with one attached hydrogen (secondary N) is 2. The van der Waals surface area contributed by atoms with Gasteiger partial charge in [0.1, 0.15) is 0 Å². The van der Waals surface area contributed by atoms with Gasteiger partial charge in [-0.25, -0.2) is 8.42 Å². The van der Waals surface area contributed by atoms with Crippen LogP contribution in [-0.4, -0.2) is 57.7 Å². The zero-order valence-corrected chi connectivity index (χ0v) is 16.0. The molecule has 2 heterocycles. The van der Waals surface area contributed by atoms with Crippen LogP contribution in [0.4, 0.5) is 5.69 Å². The molecule has 2 saturated heterocycles. The van der Waals surface area contributed by atoms with Gasteiger partial charge in [0.25, 0.3) is 5.91 Å². The van der Waals surface area contributed by atoms with Crippen molar-refractivity contribution in [2.45, 2.75) is 26.3 Å². The summed E-state index contributed by atoms with van der Waals surface area (Å²) >= 11 is 0. The van der Waals surface area contributed by atoms with Gasteiger partial charge in [0.2, 0.25) is 10.0 Å². The summed E-state index contributed by atoms with van der Waals surface area (Å²) in [5.41, 5.74) is 1.10. The van der Waals surface area contributed by atoms with E-state index >= 15 is 0 Å². The second kappa shape index (κ2) is 6.96. The quantitative estimate of drug-likeness (QED) is 0.813. The van der Waals surface area contributed by atoms with Gasteiger partial charge in [-0.1, -0.05) is 0 Å². The van der Waals surface area contributed by atoms with E-state index in [1.54, 1.807) is 29.2 Å². The Morgan fingerprint density at radius 2 is 1.72 bits per heavy atom. The largest absolute Gasteiger partial charge is 0.338 e. The standard InChI is InChI=1S/C18H27N3O3S/c1-13(2)20-9-14-8-15(10-20)12-21(11-14)18(22)16-4-6-17(7-5-16)19-25(3,23)24/h4-7,13-15,19H,8-12H2,1-3H3/p+1. The lowest BCUT2D eigenvalue weighted by atomic mass is 9.84. The highest BCUT2D eigenvalue weighted by molar-refractivity contribution is 7.92. The fourth-order valence-corrected chi connectivity index (χ4v) is 4.72. The molecule has 0 spiro atoms. The van der Waals surface area contributed by atoms with E-state index in [9.17, 15) is 13.2 Å². The van der Waals surface area contributed by atoms with Crippen LogP contribution in [0, 0.1) is 11.8 Å². The predicted molar refractivity (Wildman–Crippen MR) is 98.2 cm³/mol. The molecule has 2 bridgehead atoms. The molecule has 2 aliphatic rings. The van der Waals surface area contributed by atoms with Crippen molar-refractivity contribution in [3.63, 3.8) is 0 Å². The highest BCUT2D eigenvalue weighted by Gasteiger charge is 2.39. The van der Waals surface area contributed by atoms with Crippen molar-refractivity contribution >= 4 is 21.6 Å². The number of likely N-dealkylation sites (tertiary alicyclic amines) is 2. The molecule has 1 aromatic carbocycles. The Balaban J connectivity index is 1.66. The predicted octanol–water partition coefficient (Wildman–Crippen LogP) is 0.443. The number of rotatable bonds is 4. The number of benzene rings is 1. The highest BCUT2D eigenvalue weighted by atomic mass is 32.2. The summed E-state index contributed by atoms with van der Waals surface area (Å²) in [6.45, 7) is 8.49. The second-order valence-electron chi connectivity index (χ2n) is 7.85. The number of sulfonamides is 1. The number of carbonyl (C=O) groups excluding carboxylic acids is 1. The van der Waals surface area contributed by atoms with E-state index in [0.717, 1.165) is 32.4 Å². The van der Waals surface area contributed by atoms with Gasteiger partial charge in [-0.05, 0) is 44.5 Å². The zero-order chi connectivity index (χ0) is 18.2. The van der Waals surface area contributed by atoms with Crippen LogP contribution in [0.5, 0.6) is 0 Å². The van der Waals surface area contributed by atoms with Gasteiger partial charge in [-0.2, -0.15) is 0 Å². The molecule has 138 valence electrons. The van der Waals surface area contributed by atoms with Gasteiger partial charge in [0.15, 0.2) is 0 Å². The van der Waals surface area contributed by atoms with E-state index in [4.69, 9.17) is 0 Å². The lowest BCUT2D eigenvalue weighted by Gasteiger charge is -2.44. The maximum Gasteiger partial charge on any atom is 0.253 e. The SMILES string of the molecule is CC(C)[NH+]1CC2CC(CN(C(=O)c3ccc(NS(C)(=O)=O)cc3)C2)C1. The first kappa shape index (κ1) is 18.2. The third-order valence-corrected chi connectivity index (χ3v) is 5.87. The monoisotopic (exact) mass is 366 g/mol. The normalized spacial score (nSPS) is 26.6. The molecule has 25 heavy (non-hydrogen) atoms. The van der Waals surface area contributed by atoms with Crippen molar-refractivity contribution in [3.05, 3.63) is 29.8 Å². The molecule has 0 saturated carbocycles. The van der Waals surface area contributed by atoms with Crippen LogP contribution < -0.4 is 9.62 Å². The van der Waals surface area contributed by atoms with E-state index in [1.807, 2.05) is 4.90 Å². The number of amides is 1. The van der Waals surface area contributed by atoms with Crippen LogP contribution in [-0.2, 0) is 10.0 Å². The van der Waals surface area contributed by atoms with E-state index in [-0.39, 0.29) is 5.91 Å². The Bertz CT molecular complexity index is 716. The number of quaternary nitrogens is 1. The second-order valence-corrected chi connectivity index (χ2v) is 9.60.